The molecular weight excluding hydrogens is 274 g/mol. The van der Waals surface area contributed by atoms with Crippen LogP contribution in [0.1, 0.15) is 18.1 Å². The zero-order valence-corrected chi connectivity index (χ0v) is 11.7. The average molecular weight is 288 g/mol. The molecular formula is C15H14ClN3O. The van der Waals surface area contributed by atoms with Gasteiger partial charge in [-0.2, -0.15) is 5.10 Å². The van der Waals surface area contributed by atoms with Crippen LogP contribution < -0.4 is 11.2 Å². The number of nitrogen functional groups attached to an aromatic ring is 1. The number of carbonyl (C=O) groups is 1. The maximum absolute atomic E-state index is 11.1. The second-order valence-corrected chi connectivity index (χ2v) is 4.66. The van der Waals surface area contributed by atoms with Crippen LogP contribution in [-0.2, 0) is 4.79 Å². The minimum atomic E-state index is -0.251. The van der Waals surface area contributed by atoms with Crippen molar-refractivity contribution in [3.05, 3.63) is 64.7 Å². The number of nitrogens with two attached hydrogens (primary N) is 1. The van der Waals surface area contributed by atoms with Crippen LogP contribution in [0, 0.1) is 0 Å². The van der Waals surface area contributed by atoms with Crippen molar-refractivity contribution in [2.45, 2.75) is 6.92 Å². The number of halogens is 1. The molecule has 2 aromatic carbocycles. The minimum absolute atomic E-state index is 0.251. The van der Waals surface area contributed by atoms with Crippen molar-refractivity contribution in [3.63, 3.8) is 0 Å². The Labute approximate surface area is 122 Å². The standard InChI is InChI=1S/C15H14ClN3O/c1-10(20)18-19-15(11-5-3-2-4-6-11)13-9-12(16)7-8-14(13)17/h2-9H,17H2,1H3,(H,18,20). The van der Waals surface area contributed by atoms with Gasteiger partial charge in [0.2, 0.25) is 5.91 Å². The molecule has 0 aliphatic carbocycles. The van der Waals surface area contributed by atoms with Gasteiger partial charge < -0.3 is 5.73 Å². The summed E-state index contributed by atoms with van der Waals surface area (Å²) in [5.41, 5.74) is 11.1. The maximum atomic E-state index is 11.1. The van der Waals surface area contributed by atoms with Gasteiger partial charge in [0.05, 0.1) is 5.71 Å². The molecule has 2 aromatic rings. The van der Waals surface area contributed by atoms with Gasteiger partial charge in [-0.3, -0.25) is 4.79 Å². The van der Waals surface area contributed by atoms with E-state index in [9.17, 15) is 4.79 Å². The smallest absolute Gasteiger partial charge is 0.236 e. The average Bonchev–Trinajstić information content (AvgIpc) is 2.43. The van der Waals surface area contributed by atoms with Crippen molar-refractivity contribution in [1.82, 2.24) is 5.43 Å². The predicted molar refractivity (Wildman–Crippen MR) is 81.8 cm³/mol. The third-order valence-electron chi connectivity index (χ3n) is 2.64. The predicted octanol–water partition coefficient (Wildman–Crippen LogP) is 2.81. The first-order valence-corrected chi connectivity index (χ1v) is 6.41. The first-order valence-electron chi connectivity index (χ1n) is 6.03. The van der Waals surface area contributed by atoms with E-state index < -0.39 is 0 Å². The fourth-order valence-electron chi connectivity index (χ4n) is 1.74. The Hall–Kier alpha value is -2.33. The number of benzene rings is 2. The number of nitrogens with zero attached hydrogens (tertiary/aromatic N) is 1. The van der Waals surface area contributed by atoms with Crippen molar-refractivity contribution in [2.75, 3.05) is 5.73 Å². The number of anilines is 1. The highest BCUT2D eigenvalue weighted by Gasteiger charge is 2.11. The number of hydrazone groups is 1. The van der Waals surface area contributed by atoms with Gasteiger partial charge in [0.1, 0.15) is 0 Å². The van der Waals surface area contributed by atoms with Crippen molar-refractivity contribution < 1.29 is 4.79 Å². The summed E-state index contributed by atoms with van der Waals surface area (Å²) < 4.78 is 0. The molecule has 2 rings (SSSR count). The molecule has 1 amide bonds. The highest BCUT2D eigenvalue weighted by molar-refractivity contribution is 6.31. The highest BCUT2D eigenvalue weighted by atomic mass is 35.5. The quantitative estimate of drug-likeness (QED) is 0.518. The third kappa shape index (κ3) is 3.36. The zero-order valence-electron chi connectivity index (χ0n) is 10.9. The van der Waals surface area contributed by atoms with Crippen LogP contribution in [-0.4, -0.2) is 11.6 Å². The van der Waals surface area contributed by atoms with E-state index in [4.69, 9.17) is 17.3 Å². The van der Waals surface area contributed by atoms with Crippen LogP contribution in [0.5, 0.6) is 0 Å². The summed E-state index contributed by atoms with van der Waals surface area (Å²) >= 11 is 6.01. The first kappa shape index (κ1) is 14.1. The highest BCUT2D eigenvalue weighted by Crippen LogP contribution is 2.21. The van der Waals surface area contributed by atoms with Gasteiger partial charge in [-0.1, -0.05) is 41.9 Å². The Balaban J connectivity index is 2.55. The molecule has 0 bridgehead atoms. The van der Waals surface area contributed by atoms with Gasteiger partial charge >= 0.3 is 0 Å². The normalized spacial score (nSPS) is 11.2. The lowest BCUT2D eigenvalue weighted by atomic mass is 10.0. The first-order chi connectivity index (χ1) is 9.58. The van der Waals surface area contributed by atoms with Crippen molar-refractivity contribution in [2.24, 2.45) is 5.10 Å². The number of hydrogen-bond donors (Lipinski definition) is 2. The van der Waals surface area contributed by atoms with E-state index in [-0.39, 0.29) is 5.91 Å². The molecule has 5 heteroatoms. The number of rotatable bonds is 3. The molecule has 0 radical (unpaired) electrons. The van der Waals surface area contributed by atoms with E-state index in [2.05, 4.69) is 10.5 Å². The molecule has 0 spiro atoms. The summed E-state index contributed by atoms with van der Waals surface area (Å²) in [6, 6.07) is 14.6. The van der Waals surface area contributed by atoms with Crippen molar-refractivity contribution in [1.29, 1.82) is 0 Å². The summed E-state index contributed by atoms with van der Waals surface area (Å²) in [4.78, 5) is 11.1. The van der Waals surface area contributed by atoms with E-state index in [1.807, 2.05) is 30.3 Å². The summed E-state index contributed by atoms with van der Waals surface area (Å²) in [5, 5.41) is 4.70. The minimum Gasteiger partial charge on any atom is -0.398 e. The van der Waals surface area contributed by atoms with Gasteiger partial charge in [-0.25, -0.2) is 5.43 Å². The summed E-state index contributed by atoms with van der Waals surface area (Å²) in [6.07, 6.45) is 0. The molecule has 0 aliphatic heterocycles. The van der Waals surface area contributed by atoms with E-state index in [1.165, 1.54) is 6.92 Å². The number of nitrogens with one attached hydrogen (secondary N) is 1. The lowest BCUT2D eigenvalue weighted by molar-refractivity contribution is -0.118. The molecule has 0 aliphatic rings. The van der Waals surface area contributed by atoms with Crippen LogP contribution >= 0.6 is 11.6 Å². The largest absolute Gasteiger partial charge is 0.398 e. The van der Waals surface area contributed by atoms with E-state index in [0.717, 1.165) is 5.56 Å². The summed E-state index contributed by atoms with van der Waals surface area (Å²) in [5.74, 6) is -0.251. The number of carbonyl (C=O) groups excluding carboxylic acids is 1. The fraction of sp³-hybridized carbons (Fsp3) is 0.0667. The Morgan fingerprint density at radius 3 is 2.55 bits per heavy atom. The molecule has 0 unspecified atom stereocenters. The van der Waals surface area contributed by atoms with Crippen molar-refractivity contribution >= 4 is 28.9 Å². The summed E-state index contributed by atoms with van der Waals surface area (Å²) in [7, 11) is 0. The second kappa shape index (κ2) is 6.21. The molecule has 102 valence electrons. The molecule has 0 saturated carbocycles. The monoisotopic (exact) mass is 287 g/mol. The Morgan fingerprint density at radius 2 is 1.90 bits per heavy atom. The van der Waals surface area contributed by atoms with Crippen LogP contribution in [0.2, 0.25) is 5.02 Å². The maximum Gasteiger partial charge on any atom is 0.236 e. The van der Waals surface area contributed by atoms with Crippen LogP contribution in [0.25, 0.3) is 0 Å². The third-order valence-corrected chi connectivity index (χ3v) is 2.88. The SMILES string of the molecule is CC(=O)NN=C(c1ccccc1)c1cc(Cl)ccc1N. The van der Waals surface area contributed by atoms with E-state index in [1.54, 1.807) is 18.2 Å². The molecule has 20 heavy (non-hydrogen) atoms. The van der Waals surface area contributed by atoms with Crippen LogP contribution in [0.3, 0.4) is 0 Å². The molecule has 0 aromatic heterocycles. The zero-order chi connectivity index (χ0) is 14.5. The Kier molecular flexibility index (Phi) is 4.38. The molecule has 0 atom stereocenters. The molecule has 4 nitrogen and oxygen atoms in total. The molecule has 3 N–H and O–H groups in total. The van der Waals surface area contributed by atoms with Crippen molar-refractivity contribution in [3.8, 4) is 0 Å². The van der Waals surface area contributed by atoms with E-state index in [0.29, 0.717) is 22.0 Å². The molecule has 0 heterocycles. The van der Waals surface area contributed by atoms with Gasteiger partial charge in [-0.15, -0.1) is 0 Å². The lowest BCUT2D eigenvalue weighted by Crippen LogP contribution is -2.18. The lowest BCUT2D eigenvalue weighted by Gasteiger charge is -2.10. The van der Waals surface area contributed by atoms with Crippen LogP contribution in [0.4, 0.5) is 5.69 Å². The van der Waals surface area contributed by atoms with Gasteiger partial charge in [0.15, 0.2) is 0 Å². The molecule has 0 fully saturated rings. The van der Waals surface area contributed by atoms with Crippen LogP contribution in [0.15, 0.2) is 53.6 Å². The van der Waals surface area contributed by atoms with Gasteiger partial charge in [0.25, 0.3) is 0 Å². The Morgan fingerprint density at radius 1 is 1.20 bits per heavy atom. The molecule has 0 saturated heterocycles. The number of hydrogen-bond acceptors (Lipinski definition) is 3. The Bertz CT molecular complexity index is 653. The van der Waals surface area contributed by atoms with E-state index >= 15 is 0 Å². The second-order valence-electron chi connectivity index (χ2n) is 4.23. The van der Waals surface area contributed by atoms with Gasteiger partial charge in [-0.05, 0) is 18.2 Å². The summed E-state index contributed by atoms with van der Waals surface area (Å²) in [6.45, 7) is 1.40. The topological polar surface area (TPSA) is 67.5 Å². The fourth-order valence-corrected chi connectivity index (χ4v) is 1.92. The number of amides is 1. The van der Waals surface area contributed by atoms with Gasteiger partial charge in [0, 0.05) is 28.8 Å².